The molecule has 0 spiro atoms. The van der Waals surface area contributed by atoms with Crippen LogP contribution in [0.15, 0.2) is 67.0 Å². The summed E-state index contributed by atoms with van der Waals surface area (Å²) >= 11 is 0. The van der Waals surface area contributed by atoms with Gasteiger partial charge in [0.15, 0.2) is 11.5 Å². The number of nitrogens with zero attached hydrogens (tertiary/aromatic N) is 2. The van der Waals surface area contributed by atoms with E-state index in [-0.39, 0.29) is 11.9 Å². The molecule has 39 heavy (non-hydrogen) atoms. The van der Waals surface area contributed by atoms with Gasteiger partial charge in [0.1, 0.15) is 11.6 Å². The number of ether oxygens (including phenoxy) is 3. The molecule has 0 bridgehead atoms. The quantitative estimate of drug-likeness (QED) is 0.261. The van der Waals surface area contributed by atoms with Crippen LogP contribution in [0.4, 0.5) is 10.6 Å². The van der Waals surface area contributed by atoms with Crippen molar-refractivity contribution in [2.75, 3.05) is 45.8 Å². The Morgan fingerprint density at radius 2 is 1.87 bits per heavy atom. The molecule has 3 heterocycles. The molecule has 0 aliphatic carbocycles. The average molecular weight is 530 g/mol. The van der Waals surface area contributed by atoms with E-state index in [0.717, 1.165) is 18.5 Å². The molecule has 5 rings (SSSR count). The minimum atomic E-state index is -0.256. The number of aromatic nitrogens is 2. The number of carbonyl (C=O) groups excluding carboxylic acids is 2. The smallest absolute Gasteiger partial charge is 0.325 e. The van der Waals surface area contributed by atoms with Crippen LogP contribution in [0.2, 0.25) is 0 Å². The summed E-state index contributed by atoms with van der Waals surface area (Å²) < 4.78 is 18.8. The van der Waals surface area contributed by atoms with Crippen molar-refractivity contribution in [3.63, 3.8) is 0 Å². The van der Waals surface area contributed by atoms with Gasteiger partial charge >= 0.3 is 6.03 Å². The van der Waals surface area contributed by atoms with Crippen molar-refractivity contribution in [1.82, 2.24) is 20.2 Å². The maximum atomic E-state index is 12.8. The van der Waals surface area contributed by atoms with Gasteiger partial charge in [-0.05, 0) is 35.9 Å². The van der Waals surface area contributed by atoms with E-state index < -0.39 is 0 Å². The standard InChI is InChI=1S/C29H31N5O5/c1-30-29(36)34-11-9-21-14-26(25(16-24(21)34)38-13-3-12-37-2)39-23-8-10-32-27(15-23)33-28(35)20-6-4-19(5-7-20)22-17-31-18-22/h4-11,14-16,22,31H,3,12-13,17-18H2,1-2H3,(H,30,36)(H,32,33,35). The zero-order chi connectivity index (χ0) is 27.2. The van der Waals surface area contributed by atoms with Crippen molar-refractivity contribution >= 4 is 28.7 Å². The zero-order valence-electron chi connectivity index (χ0n) is 21.9. The SMILES string of the molecule is CNC(=O)n1ccc2cc(Oc3ccnc(NC(=O)c4ccc(C5CNC5)cc4)c3)c(OCCCOC)cc21. The maximum absolute atomic E-state index is 12.8. The third-order valence-corrected chi connectivity index (χ3v) is 6.57. The number of pyridine rings is 1. The van der Waals surface area contributed by atoms with Gasteiger partial charge in [0.05, 0.1) is 12.1 Å². The number of carbonyl (C=O) groups is 2. The van der Waals surface area contributed by atoms with Gasteiger partial charge in [0, 0.05) is 81.7 Å². The predicted octanol–water partition coefficient (Wildman–Crippen LogP) is 4.37. The van der Waals surface area contributed by atoms with Crippen molar-refractivity contribution in [3.8, 4) is 17.2 Å². The number of anilines is 1. The second-order valence-corrected chi connectivity index (χ2v) is 9.20. The van der Waals surface area contributed by atoms with Gasteiger partial charge in [-0.25, -0.2) is 9.78 Å². The Kier molecular flexibility index (Phi) is 8.04. The molecular formula is C29H31N5O5. The van der Waals surface area contributed by atoms with Gasteiger partial charge in [-0.15, -0.1) is 0 Å². The highest BCUT2D eigenvalue weighted by Gasteiger charge is 2.19. The van der Waals surface area contributed by atoms with E-state index in [4.69, 9.17) is 14.2 Å². The van der Waals surface area contributed by atoms with Gasteiger partial charge in [0.2, 0.25) is 0 Å². The summed E-state index contributed by atoms with van der Waals surface area (Å²) in [5.41, 5.74) is 2.46. The van der Waals surface area contributed by atoms with E-state index >= 15 is 0 Å². The fourth-order valence-corrected chi connectivity index (χ4v) is 4.31. The molecular weight excluding hydrogens is 498 g/mol. The highest BCUT2D eigenvalue weighted by Crippen LogP contribution is 2.37. The summed E-state index contributed by atoms with van der Waals surface area (Å²) in [4.78, 5) is 29.4. The Morgan fingerprint density at radius 3 is 2.59 bits per heavy atom. The molecule has 3 N–H and O–H groups in total. The van der Waals surface area contributed by atoms with E-state index in [9.17, 15) is 9.59 Å². The third kappa shape index (κ3) is 6.02. The zero-order valence-corrected chi connectivity index (χ0v) is 21.9. The first kappa shape index (κ1) is 26.2. The molecule has 10 nitrogen and oxygen atoms in total. The molecule has 2 aromatic carbocycles. The van der Waals surface area contributed by atoms with Crippen LogP contribution in [-0.4, -0.2) is 62.0 Å². The first-order chi connectivity index (χ1) is 19.1. The summed E-state index contributed by atoms with van der Waals surface area (Å²) in [5.74, 6) is 2.04. The fraction of sp³-hybridized carbons (Fsp3) is 0.276. The summed E-state index contributed by atoms with van der Waals surface area (Å²) in [6.07, 6.45) is 3.95. The van der Waals surface area contributed by atoms with E-state index in [1.54, 1.807) is 44.8 Å². The Bertz CT molecular complexity index is 1460. The summed E-state index contributed by atoms with van der Waals surface area (Å²) in [5, 5.41) is 9.54. The van der Waals surface area contributed by atoms with Crippen LogP contribution in [0.1, 0.15) is 28.3 Å². The minimum absolute atomic E-state index is 0.253. The van der Waals surface area contributed by atoms with Crippen LogP contribution in [0.3, 0.4) is 0 Å². The molecule has 2 aromatic heterocycles. The Labute approximate surface area is 226 Å². The van der Waals surface area contributed by atoms with Crippen LogP contribution < -0.4 is 25.4 Å². The molecule has 1 aliphatic rings. The molecule has 202 valence electrons. The number of hydrogen-bond acceptors (Lipinski definition) is 7. The van der Waals surface area contributed by atoms with Crippen LogP contribution in [-0.2, 0) is 4.74 Å². The average Bonchev–Trinajstić information content (AvgIpc) is 3.33. The lowest BCUT2D eigenvalue weighted by Gasteiger charge is -2.27. The summed E-state index contributed by atoms with van der Waals surface area (Å²) in [6.45, 7) is 2.90. The predicted molar refractivity (Wildman–Crippen MR) is 148 cm³/mol. The Balaban J connectivity index is 1.34. The van der Waals surface area contributed by atoms with E-state index in [1.807, 2.05) is 36.4 Å². The van der Waals surface area contributed by atoms with Gasteiger partial charge in [0.25, 0.3) is 5.91 Å². The largest absolute Gasteiger partial charge is 0.490 e. The Morgan fingerprint density at radius 1 is 1.05 bits per heavy atom. The third-order valence-electron chi connectivity index (χ3n) is 6.57. The monoisotopic (exact) mass is 529 g/mol. The normalized spacial score (nSPS) is 13.1. The van der Waals surface area contributed by atoms with Gasteiger partial charge in [-0.1, -0.05) is 12.1 Å². The number of nitrogens with one attached hydrogen (secondary N) is 3. The number of methoxy groups -OCH3 is 1. The van der Waals surface area contributed by atoms with E-state index in [1.165, 1.54) is 10.1 Å². The van der Waals surface area contributed by atoms with Crippen LogP contribution in [0.25, 0.3) is 10.9 Å². The number of amides is 2. The van der Waals surface area contributed by atoms with Crippen molar-refractivity contribution < 1.29 is 23.8 Å². The van der Waals surface area contributed by atoms with Gasteiger partial charge in [-0.2, -0.15) is 0 Å². The topological polar surface area (TPSA) is 116 Å². The highest BCUT2D eigenvalue weighted by atomic mass is 16.5. The molecule has 0 radical (unpaired) electrons. The van der Waals surface area contributed by atoms with E-state index in [0.29, 0.717) is 59.7 Å². The first-order valence-electron chi connectivity index (χ1n) is 12.8. The van der Waals surface area contributed by atoms with Crippen molar-refractivity contribution in [1.29, 1.82) is 0 Å². The highest BCUT2D eigenvalue weighted by molar-refractivity contribution is 6.03. The van der Waals surface area contributed by atoms with Gasteiger partial charge < -0.3 is 30.2 Å². The second kappa shape index (κ2) is 12.0. The van der Waals surface area contributed by atoms with Gasteiger partial charge in [-0.3, -0.25) is 9.36 Å². The molecule has 2 amide bonds. The molecule has 1 aliphatic heterocycles. The fourth-order valence-electron chi connectivity index (χ4n) is 4.31. The first-order valence-corrected chi connectivity index (χ1v) is 12.8. The molecule has 1 saturated heterocycles. The van der Waals surface area contributed by atoms with Crippen LogP contribution >= 0.6 is 0 Å². The number of rotatable bonds is 10. The molecule has 0 atom stereocenters. The Hall–Kier alpha value is -4.41. The molecule has 0 unspecified atom stereocenters. The lowest BCUT2D eigenvalue weighted by molar-refractivity contribution is 0.102. The second-order valence-electron chi connectivity index (χ2n) is 9.20. The van der Waals surface area contributed by atoms with Crippen molar-refractivity contribution in [2.45, 2.75) is 12.3 Å². The lowest BCUT2D eigenvalue weighted by Crippen LogP contribution is -2.39. The van der Waals surface area contributed by atoms with Crippen LogP contribution in [0, 0.1) is 0 Å². The number of benzene rings is 2. The summed E-state index contributed by atoms with van der Waals surface area (Å²) in [7, 11) is 3.22. The number of fused-ring (bicyclic) bond motifs is 1. The van der Waals surface area contributed by atoms with Crippen molar-refractivity contribution in [2.24, 2.45) is 0 Å². The minimum Gasteiger partial charge on any atom is -0.490 e. The number of hydrogen-bond donors (Lipinski definition) is 3. The maximum Gasteiger partial charge on any atom is 0.325 e. The van der Waals surface area contributed by atoms with Crippen LogP contribution in [0.5, 0.6) is 17.2 Å². The molecule has 1 fully saturated rings. The lowest BCUT2D eigenvalue weighted by atomic mass is 9.93. The van der Waals surface area contributed by atoms with Crippen molar-refractivity contribution in [3.05, 3.63) is 78.1 Å². The molecule has 10 heteroatoms. The van der Waals surface area contributed by atoms with E-state index in [2.05, 4.69) is 20.9 Å². The molecule has 4 aromatic rings. The summed E-state index contributed by atoms with van der Waals surface area (Å²) in [6, 6.07) is 16.2. The molecule has 0 saturated carbocycles.